The molecule has 2 heterocycles. The van der Waals surface area contributed by atoms with Crippen LogP contribution >= 0.6 is 11.3 Å². The van der Waals surface area contributed by atoms with Crippen LogP contribution in [0, 0.1) is 36.5 Å². The maximum Gasteiger partial charge on any atom is 0.231 e. The van der Waals surface area contributed by atoms with Crippen LogP contribution in [-0.4, -0.2) is 45.5 Å². The minimum atomic E-state index is -0.633. The highest BCUT2D eigenvalue weighted by Crippen LogP contribution is 2.35. The molecule has 0 aliphatic heterocycles. The minimum absolute atomic E-state index is 0.214. The van der Waals surface area contributed by atoms with E-state index in [2.05, 4.69) is 36.9 Å². The lowest BCUT2D eigenvalue weighted by Crippen LogP contribution is -2.19. The third kappa shape index (κ3) is 5.68. The van der Waals surface area contributed by atoms with Crippen molar-refractivity contribution < 1.29 is 10.2 Å². The number of aliphatic hydroxyl groups is 2. The molecule has 4 N–H and O–H groups in total. The molecule has 0 aromatic carbocycles. The summed E-state index contributed by atoms with van der Waals surface area (Å²) >= 11 is 1.11. The van der Waals surface area contributed by atoms with Gasteiger partial charge in [-0.3, -0.25) is 0 Å². The van der Waals surface area contributed by atoms with Crippen molar-refractivity contribution in [3.05, 3.63) is 21.7 Å². The van der Waals surface area contributed by atoms with Gasteiger partial charge in [0.2, 0.25) is 5.13 Å². The zero-order chi connectivity index (χ0) is 21.6. The van der Waals surface area contributed by atoms with Crippen LogP contribution in [0.2, 0.25) is 0 Å². The van der Waals surface area contributed by atoms with Gasteiger partial charge in [-0.25, -0.2) is 9.97 Å². The van der Waals surface area contributed by atoms with Gasteiger partial charge in [0.1, 0.15) is 28.5 Å². The Morgan fingerprint density at radius 1 is 1.00 bits per heavy atom. The van der Waals surface area contributed by atoms with Crippen molar-refractivity contribution in [2.24, 2.45) is 10.2 Å². The van der Waals surface area contributed by atoms with Crippen molar-refractivity contribution in [3.8, 4) is 12.1 Å². The van der Waals surface area contributed by atoms with E-state index in [9.17, 15) is 15.5 Å². The molecule has 0 aliphatic rings. The number of pyridine rings is 1. The maximum atomic E-state index is 9.60. The van der Waals surface area contributed by atoms with Crippen LogP contribution < -0.4 is 10.6 Å². The van der Waals surface area contributed by atoms with Gasteiger partial charge in [-0.05, 0) is 27.7 Å². The third-order valence-electron chi connectivity index (χ3n) is 3.78. The summed E-state index contributed by atoms with van der Waals surface area (Å²) in [6.07, 6.45) is -1.26. The van der Waals surface area contributed by atoms with Crippen LogP contribution in [-0.2, 0) is 0 Å². The first-order chi connectivity index (χ1) is 13.8. The van der Waals surface area contributed by atoms with Gasteiger partial charge in [0.05, 0.1) is 23.5 Å². The first kappa shape index (κ1) is 22.2. The van der Waals surface area contributed by atoms with E-state index in [1.165, 1.54) is 0 Å². The number of anilines is 2. The molecule has 10 nitrogen and oxygen atoms in total. The number of hydrogen-bond acceptors (Lipinski definition) is 11. The fourth-order valence-corrected chi connectivity index (χ4v) is 3.00. The van der Waals surface area contributed by atoms with Crippen LogP contribution in [0.25, 0.3) is 0 Å². The Balaban J connectivity index is 2.50. The second kappa shape index (κ2) is 9.89. The lowest BCUT2D eigenvalue weighted by atomic mass is 10.1. The average molecular weight is 414 g/mol. The number of nitrogens with zero attached hydrogens (tertiary/aromatic N) is 6. The van der Waals surface area contributed by atoms with Crippen molar-refractivity contribution in [2.45, 2.75) is 39.9 Å². The zero-order valence-electron chi connectivity index (χ0n) is 16.6. The van der Waals surface area contributed by atoms with Gasteiger partial charge in [-0.2, -0.15) is 10.5 Å². The number of nitriles is 2. The topological polar surface area (TPSA) is 163 Å². The Hall–Kier alpha value is -3.12. The number of rotatable bonds is 8. The van der Waals surface area contributed by atoms with Crippen molar-refractivity contribution in [2.75, 3.05) is 23.7 Å². The molecule has 0 spiro atoms. The van der Waals surface area contributed by atoms with E-state index in [0.717, 1.165) is 11.3 Å². The Morgan fingerprint density at radius 2 is 1.62 bits per heavy atom. The van der Waals surface area contributed by atoms with Crippen LogP contribution in [0.5, 0.6) is 0 Å². The second-order valence-corrected chi connectivity index (χ2v) is 7.43. The summed E-state index contributed by atoms with van der Waals surface area (Å²) in [6, 6.07) is 4.15. The van der Waals surface area contributed by atoms with Gasteiger partial charge in [-0.1, -0.05) is 11.3 Å². The van der Waals surface area contributed by atoms with Crippen molar-refractivity contribution >= 4 is 33.8 Å². The van der Waals surface area contributed by atoms with E-state index in [1.807, 2.05) is 6.07 Å². The van der Waals surface area contributed by atoms with E-state index in [4.69, 9.17) is 5.26 Å². The molecule has 0 saturated carbocycles. The predicted octanol–water partition coefficient (Wildman–Crippen LogP) is 2.90. The molecular formula is C18H22N8O2S. The van der Waals surface area contributed by atoms with Crippen molar-refractivity contribution in [1.29, 1.82) is 10.5 Å². The molecule has 2 atom stereocenters. The first-order valence-corrected chi connectivity index (χ1v) is 9.66. The molecule has 0 saturated heterocycles. The number of nitrogens with one attached hydrogen (secondary N) is 2. The zero-order valence-corrected chi connectivity index (χ0v) is 17.4. The monoisotopic (exact) mass is 414 g/mol. The lowest BCUT2D eigenvalue weighted by Gasteiger charge is -2.16. The number of aryl methyl sites for hydroxylation is 1. The van der Waals surface area contributed by atoms with Gasteiger partial charge < -0.3 is 20.8 Å². The van der Waals surface area contributed by atoms with E-state index in [1.54, 1.807) is 27.7 Å². The van der Waals surface area contributed by atoms with E-state index in [0.29, 0.717) is 38.6 Å². The minimum Gasteiger partial charge on any atom is -0.392 e. The summed E-state index contributed by atoms with van der Waals surface area (Å²) in [6.45, 7) is 7.10. The summed E-state index contributed by atoms with van der Waals surface area (Å²) < 4.78 is 0. The lowest BCUT2D eigenvalue weighted by molar-refractivity contribution is 0.208. The van der Waals surface area contributed by atoms with Crippen molar-refractivity contribution in [3.63, 3.8) is 0 Å². The summed E-state index contributed by atoms with van der Waals surface area (Å²) in [7, 11) is 0. The molecule has 29 heavy (non-hydrogen) atoms. The molecular weight excluding hydrogens is 392 g/mol. The molecule has 0 amide bonds. The molecule has 152 valence electrons. The Morgan fingerprint density at radius 3 is 2.14 bits per heavy atom. The van der Waals surface area contributed by atoms with Crippen LogP contribution in [0.15, 0.2) is 10.2 Å². The van der Waals surface area contributed by atoms with Crippen molar-refractivity contribution in [1.82, 2.24) is 9.97 Å². The number of thiazole rings is 1. The third-order valence-corrected chi connectivity index (χ3v) is 4.73. The highest BCUT2D eigenvalue weighted by molar-refractivity contribution is 7.15. The molecule has 0 bridgehead atoms. The number of azo groups is 1. The number of aromatic nitrogens is 2. The Labute approximate surface area is 172 Å². The molecule has 11 heteroatoms. The van der Waals surface area contributed by atoms with Gasteiger partial charge in [-0.15, -0.1) is 10.2 Å². The predicted molar refractivity (Wildman–Crippen MR) is 110 cm³/mol. The second-order valence-electron chi connectivity index (χ2n) is 6.45. The van der Waals surface area contributed by atoms with E-state index >= 15 is 0 Å². The quantitative estimate of drug-likeness (QED) is 0.479. The SMILES string of the molecule is Cc1nc(N=Nc2c(NCC(C)O)nc(NCC(C)O)c(C#N)c2C)sc1C#N. The molecule has 0 radical (unpaired) electrons. The average Bonchev–Trinajstić information content (AvgIpc) is 3.03. The summed E-state index contributed by atoms with van der Waals surface area (Å²) in [5, 5.41) is 52.3. The largest absolute Gasteiger partial charge is 0.392 e. The standard InChI is InChI=1S/C18H22N8O2S/c1-9(27)7-21-16-13(5-19)11(3)15(17(24-16)22-8-10(2)28)25-26-18-23-12(4)14(6-20)29-18/h9-10,27-28H,7-8H2,1-4H3,(H2,21,22,24). The highest BCUT2D eigenvalue weighted by Gasteiger charge is 2.18. The van der Waals surface area contributed by atoms with Gasteiger partial charge in [0.15, 0.2) is 5.82 Å². The van der Waals surface area contributed by atoms with Crippen LogP contribution in [0.4, 0.5) is 22.5 Å². The summed E-state index contributed by atoms with van der Waals surface area (Å²) in [5.41, 5.74) is 1.71. The fraction of sp³-hybridized carbons (Fsp3) is 0.444. The van der Waals surface area contributed by atoms with E-state index < -0.39 is 12.2 Å². The Kier molecular flexibility index (Phi) is 7.56. The summed E-state index contributed by atoms with van der Waals surface area (Å²) in [5.74, 6) is 0.628. The Bertz CT molecular complexity index is 985. The normalized spacial score (nSPS) is 13.0. The smallest absolute Gasteiger partial charge is 0.231 e. The van der Waals surface area contributed by atoms with Gasteiger partial charge >= 0.3 is 0 Å². The van der Waals surface area contributed by atoms with Crippen LogP contribution in [0.3, 0.4) is 0 Å². The van der Waals surface area contributed by atoms with E-state index in [-0.39, 0.29) is 18.7 Å². The molecule has 2 unspecified atom stereocenters. The molecule has 2 aromatic heterocycles. The van der Waals surface area contributed by atoms with Crippen LogP contribution in [0.1, 0.15) is 35.5 Å². The maximum absolute atomic E-state index is 9.60. The molecule has 0 aliphatic carbocycles. The number of aliphatic hydroxyl groups excluding tert-OH is 2. The molecule has 0 fully saturated rings. The fourth-order valence-electron chi connectivity index (χ4n) is 2.31. The molecule has 2 aromatic rings. The number of hydrogen-bond donors (Lipinski definition) is 4. The molecule has 2 rings (SSSR count). The van der Waals surface area contributed by atoms with Gasteiger partial charge in [0.25, 0.3) is 0 Å². The highest BCUT2D eigenvalue weighted by atomic mass is 32.1. The van der Waals surface area contributed by atoms with Gasteiger partial charge in [0, 0.05) is 18.7 Å². The first-order valence-electron chi connectivity index (χ1n) is 8.84. The summed E-state index contributed by atoms with van der Waals surface area (Å²) in [4.78, 5) is 9.05.